The van der Waals surface area contributed by atoms with Crippen molar-refractivity contribution in [3.63, 3.8) is 0 Å². The van der Waals surface area contributed by atoms with E-state index in [1.54, 1.807) is 0 Å². The summed E-state index contributed by atoms with van der Waals surface area (Å²) in [4.78, 5) is 15.9. The molecule has 0 fully saturated rings. The zero-order valence-corrected chi connectivity index (χ0v) is 18.1. The molecule has 2 rings (SSSR count). The third-order valence-electron chi connectivity index (χ3n) is 3.81. The van der Waals surface area contributed by atoms with Gasteiger partial charge in [-0.3, -0.25) is 5.43 Å². The molecule has 0 aliphatic heterocycles. The number of aromatic nitrogens is 4. The monoisotopic (exact) mass is 460 g/mol. The van der Waals surface area contributed by atoms with Gasteiger partial charge in [0.1, 0.15) is 17.7 Å². The first-order valence-corrected chi connectivity index (χ1v) is 10.2. The Kier molecular flexibility index (Phi) is 8.05. The maximum atomic E-state index is 12.9. The van der Waals surface area contributed by atoms with Crippen molar-refractivity contribution in [2.75, 3.05) is 26.6 Å². The van der Waals surface area contributed by atoms with E-state index in [-0.39, 0.29) is 29.2 Å². The first-order chi connectivity index (χ1) is 14.3. The molecule has 2 aromatic heterocycles. The molecule has 13 nitrogen and oxygen atoms in total. The van der Waals surface area contributed by atoms with Crippen LogP contribution in [0.15, 0.2) is 23.1 Å². The number of guanidine groups is 1. The summed E-state index contributed by atoms with van der Waals surface area (Å²) in [7, 11) is -0.111. The van der Waals surface area contributed by atoms with E-state index in [9.17, 15) is 8.42 Å². The normalized spacial score (nSPS) is 14.0. The number of nitrogens with zero attached hydrogens (tertiary/aromatic N) is 5. The van der Waals surface area contributed by atoms with Gasteiger partial charge in [0, 0.05) is 19.5 Å². The number of halogens is 1. The summed E-state index contributed by atoms with van der Waals surface area (Å²) in [6, 6.07) is 0. The van der Waals surface area contributed by atoms with Crippen LogP contribution in [0.2, 0.25) is 5.02 Å². The lowest BCUT2D eigenvalue weighted by Gasteiger charge is -2.20. The number of ether oxygens (including phenoxy) is 3. The SMILES string of the molecule is COc1ncnc(OC)c1N/C(=N/S(=O)(=O)[C@@H](C)[C@H](OC)c1ncc(Cl)cn1)NN. The van der Waals surface area contributed by atoms with Crippen molar-refractivity contribution in [2.24, 2.45) is 10.2 Å². The van der Waals surface area contributed by atoms with Gasteiger partial charge in [-0.15, -0.1) is 4.40 Å². The zero-order valence-electron chi connectivity index (χ0n) is 16.5. The van der Waals surface area contributed by atoms with Gasteiger partial charge in [-0.05, 0) is 6.92 Å². The molecule has 0 aliphatic carbocycles. The molecule has 0 spiro atoms. The predicted octanol–water partition coefficient (Wildman–Crippen LogP) is 0.274. The van der Waals surface area contributed by atoms with Crippen LogP contribution < -0.4 is 26.1 Å². The average molecular weight is 461 g/mol. The standard InChI is InChI=1S/C15H21ClN8O5S/c1-8(11(27-2)12-18-5-9(16)6-19-12)30(25,26)24-15(23-17)22-10-13(28-3)20-7-21-14(10)29-4/h5-8,11H,17H2,1-4H3,(H2,22,23,24)/t8-,11-/m0/s1. The first-order valence-electron chi connectivity index (χ1n) is 8.28. The van der Waals surface area contributed by atoms with Crippen LogP contribution in [0.4, 0.5) is 5.69 Å². The van der Waals surface area contributed by atoms with E-state index in [0.717, 1.165) is 0 Å². The zero-order chi connectivity index (χ0) is 22.3. The molecule has 15 heteroatoms. The lowest BCUT2D eigenvalue weighted by Crippen LogP contribution is -2.38. The molecule has 4 N–H and O–H groups in total. The number of hydrogen-bond donors (Lipinski definition) is 3. The van der Waals surface area contributed by atoms with Crippen LogP contribution in [-0.4, -0.2) is 60.9 Å². The molecule has 0 unspecified atom stereocenters. The number of anilines is 1. The summed E-state index contributed by atoms with van der Waals surface area (Å²) >= 11 is 5.78. The summed E-state index contributed by atoms with van der Waals surface area (Å²) in [5.74, 6) is 5.41. The molecule has 2 aromatic rings. The van der Waals surface area contributed by atoms with Gasteiger partial charge >= 0.3 is 0 Å². The topological polar surface area (TPSA) is 176 Å². The van der Waals surface area contributed by atoms with E-state index < -0.39 is 21.4 Å². The second-order valence-electron chi connectivity index (χ2n) is 5.61. The minimum absolute atomic E-state index is 0.0829. The van der Waals surface area contributed by atoms with Crippen molar-refractivity contribution in [1.82, 2.24) is 25.4 Å². The van der Waals surface area contributed by atoms with Gasteiger partial charge < -0.3 is 19.5 Å². The predicted molar refractivity (Wildman–Crippen MR) is 109 cm³/mol. The van der Waals surface area contributed by atoms with E-state index in [1.807, 2.05) is 0 Å². The molecular weight excluding hydrogens is 440 g/mol. The highest BCUT2D eigenvalue weighted by Gasteiger charge is 2.33. The number of hydrogen-bond acceptors (Lipinski definition) is 10. The summed E-state index contributed by atoms with van der Waals surface area (Å²) in [5, 5.41) is 1.78. The fourth-order valence-electron chi connectivity index (χ4n) is 2.32. The van der Waals surface area contributed by atoms with Crippen LogP contribution in [0, 0.1) is 0 Å². The van der Waals surface area contributed by atoms with Crippen LogP contribution in [0.25, 0.3) is 0 Å². The van der Waals surface area contributed by atoms with Gasteiger partial charge in [0.15, 0.2) is 11.5 Å². The lowest BCUT2D eigenvalue weighted by atomic mass is 10.2. The molecule has 0 radical (unpaired) electrons. The Morgan fingerprint density at radius 2 is 1.70 bits per heavy atom. The molecule has 0 aromatic carbocycles. The highest BCUT2D eigenvalue weighted by atomic mass is 35.5. The van der Waals surface area contributed by atoms with Crippen LogP contribution in [-0.2, 0) is 14.8 Å². The van der Waals surface area contributed by atoms with Crippen LogP contribution >= 0.6 is 11.6 Å². The number of methoxy groups -OCH3 is 3. The summed E-state index contributed by atoms with van der Waals surface area (Å²) < 4.78 is 44.9. The molecule has 2 atom stereocenters. The third-order valence-corrected chi connectivity index (χ3v) is 5.63. The van der Waals surface area contributed by atoms with Crippen LogP contribution in [0.5, 0.6) is 11.8 Å². The van der Waals surface area contributed by atoms with Crippen molar-refractivity contribution in [3.8, 4) is 11.8 Å². The van der Waals surface area contributed by atoms with E-state index in [2.05, 4.69) is 35.1 Å². The number of rotatable bonds is 8. The number of nitrogens with one attached hydrogen (secondary N) is 2. The Bertz CT molecular complexity index is 967. The second kappa shape index (κ2) is 10.3. The van der Waals surface area contributed by atoms with Crippen molar-refractivity contribution in [2.45, 2.75) is 18.3 Å². The average Bonchev–Trinajstić information content (AvgIpc) is 2.74. The Balaban J connectivity index is 2.37. The van der Waals surface area contributed by atoms with Crippen molar-refractivity contribution >= 4 is 33.3 Å². The van der Waals surface area contributed by atoms with E-state index in [1.165, 1.54) is 47.0 Å². The molecule has 0 bridgehead atoms. The number of nitrogens with two attached hydrogens (primary N) is 1. The largest absolute Gasteiger partial charge is 0.479 e. The van der Waals surface area contributed by atoms with Gasteiger partial charge in [-0.25, -0.2) is 24.2 Å². The minimum Gasteiger partial charge on any atom is -0.479 e. The molecule has 0 aliphatic rings. The highest BCUT2D eigenvalue weighted by molar-refractivity contribution is 7.90. The summed E-state index contributed by atoms with van der Waals surface area (Å²) in [6.45, 7) is 1.39. The Morgan fingerprint density at radius 1 is 1.13 bits per heavy atom. The van der Waals surface area contributed by atoms with E-state index in [0.29, 0.717) is 5.02 Å². The smallest absolute Gasteiger partial charge is 0.262 e. The van der Waals surface area contributed by atoms with Crippen LogP contribution in [0.1, 0.15) is 18.9 Å². The maximum Gasteiger partial charge on any atom is 0.262 e. The molecule has 0 amide bonds. The molecule has 164 valence electrons. The first kappa shape index (κ1) is 23.5. The molecular formula is C15H21ClN8O5S. The van der Waals surface area contributed by atoms with Crippen LogP contribution in [0.3, 0.4) is 0 Å². The summed E-state index contributed by atoms with van der Waals surface area (Å²) in [6.07, 6.45) is 2.87. The molecule has 30 heavy (non-hydrogen) atoms. The Morgan fingerprint density at radius 3 is 2.17 bits per heavy atom. The van der Waals surface area contributed by atoms with Gasteiger partial charge in [0.25, 0.3) is 10.0 Å². The molecule has 0 saturated carbocycles. The highest BCUT2D eigenvalue weighted by Crippen LogP contribution is 2.30. The Labute approximate surface area is 178 Å². The quantitative estimate of drug-likeness (QED) is 0.212. The fourth-order valence-corrected chi connectivity index (χ4v) is 3.48. The van der Waals surface area contributed by atoms with Gasteiger partial charge in [0.2, 0.25) is 17.7 Å². The molecule has 2 heterocycles. The van der Waals surface area contributed by atoms with Gasteiger partial charge in [-0.2, -0.15) is 9.97 Å². The van der Waals surface area contributed by atoms with E-state index in [4.69, 9.17) is 31.7 Å². The van der Waals surface area contributed by atoms with E-state index >= 15 is 0 Å². The Hall–Kier alpha value is -2.81. The maximum absolute atomic E-state index is 12.9. The van der Waals surface area contributed by atoms with Crippen molar-refractivity contribution < 1.29 is 22.6 Å². The van der Waals surface area contributed by atoms with Gasteiger partial charge in [-0.1, -0.05) is 11.6 Å². The lowest BCUT2D eigenvalue weighted by molar-refractivity contribution is 0.0949. The minimum atomic E-state index is -4.18. The number of sulfonamides is 1. The van der Waals surface area contributed by atoms with Crippen molar-refractivity contribution in [1.29, 1.82) is 0 Å². The summed E-state index contributed by atoms with van der Waals surface area (Å²) in [5.41, 5.74) is 2.29. The third kappa shape index (κ3) is 5.41. The van der Waals surface area contributed by atoms with Gasteiger partial charge in [0.05, 0.1) is 19.2 Å². The number of hydrazine groups is 1. The second-order valence-corrected chi connectivity index (χ2v) is 8.00. The fraction of sp³-hybridized carbons (Fsp3) is 0.400. The molecule has 0 saturated heterocycles. The van der Waals surface area contributed by atoms with Crippen molar-refractivity contribution in [3.05, 3.63) is 29.6 Å².